The lowest BCUT2D eigenvalue weighted by molar-refractivity contribution is 0.301. The van der Waals surface area contributed by atoms with Crippen molar-refractivity contribution in [3.05, 3.63) is 6.61 Å². The van der Waals surface area contributed by atoms with Crippen LogP contribution < -0.4 is 0 Å². The summed E-state index contributed by atoms with van der Waals surface area (Å²) in [5, 5.41) is 0. The first kappa shape index (κ1) is 5.52. The maximum atomic E-state index is 4.48. The van der Waals surface area contributed by atoms with E-state index in [9.17, 15) is 0 Å². The summed E-state index contributed by atoms with van der Waals surface area (Å²) in [5.41, 5.74) is 0. The monoisotopic (exact) mass is 83.0 g/mol. The van der Waals surface area contributed by atoms with Gasteiger partial charge in [-0.25, -0.2) is 0 Å². The molecule has 0 aliphatic carbocycles. The molecule has 0 aromatic heterocycles. The minimum atomic E-state index is 1.44. The van der Waals surface area contributed by atoms with Gasteiger partial charge in [0.25, 0.3) is 0 Å². The molecule has 6 heavy (non-hydrogen) atoms. The molecule has 0 bridgehead atoms. The fraction of sp³-hybridized carbons (Fsp3) is 0.400. The van der Waals surface area contributed by atoms with E-state index in [-0.39, 0.29) is 0 Å². The van der Waals surface area contributed by atoms with Crippen molar-refractivity contribution in [1.82, 2.24) is 0 Å². The van der Waals surface area contributed by atoms with Gasteiger partial charge in [-0.15, -0.1) is 5.92 Å². The standard InChI is InChI=1S/C5H7O/c1-3-4-5-6-2/h5H,1-2H3. The fourth-order valence-electron chi connectivity index (χ4n) is 0.118. The molecule has 0 aromatic rings. The predicted molar refractivity (Wildman–Crippen MR) is 24.8 cm³/mol. The maximum Gasteiger partial charge on any atom is 0.155 e. The molecule has 0 aromatic carbocycles. The molecule has 0 saturated heterocycles. The topological polar surface area (TPSA) is 9.23 Å². The summed E-state index contributed by atoms with van der Waals surface area (Å²) in [6.45, 7) is 3.20. The molecule has 0 aliphatic rings. The third-order valence-electron chi connectivity index (χ3n) is 0.321. The van der Waals surface area contributed by atoms with Crippen molar-refractivity contribution in [2.45, 2.75) is 6.92 Å². The zero-order chi connectivity index (χ0) is 4.83. The molecule has 0 atom stereocenters. The van der Waals surface area contributed by atoms with E-state index in [0.29, 0.717) is 0 Å². The molecule has 0 unspecified atom stereocenters. The molecule has 0 rings (SSSR count). The maximum absolute atomic E-state index is 4.48. The molecule has 0 spiro atoms. The van der Waals surface area contributed by atoms with Crippen LogP contribution in [-0.2, 0) is 4.74 Å². The van der Waals surface area contributed by atoms with E-state index >= 15 is 0 Å². The van der Waals surface area contributed by atoms with E-state index in [1.165, 1.54) is 6.61 Å². The number of hydrogen-bond donors (Lipinski definition) is 0. The van der Waals surface area contributed by atoms with E-state index in [1.54, 1.807) is 14.0 Å². The Hall–Kier alpha value is -0.480. The van der Waals surface area contributed by atoms with E-state index in [1.807, 2.05) is 0 Å². The van der Waals surface area contributed by atoms with Gasteiger partial charge in [0.2, 0.25) is 0 Å². The molecule has 0 heterocycles. The van der Waals surface area contributed by atoms with Gasteiger partial charge in [-0.1, -0.05) is 5.92 Å². The molecule has 1 radical (unpaired) electrons. The summed E-state index contributed by atoms with van der Waals surface area (Å²) >= 11 is 0. The SMILES string of the molecule is CC#C[CH]OC. The number of ether oxygens (including phenoxy) is 1. The van der Waals surface area contributed by atoms with Gasteiger partial charge in [0.1, 0.15) is 0 Å². The van der Waals surface area contributed by atoms with Gasteiger partial charge in [-0.3, -0.25) is 0 Å². The van der Waals surface area contributed by atoms with Gasteiger partial charge in [0.15, 0.2) is 6.61 Å². The fourth-order valence-corrected chi connectivity index (χ4v) is 0.118. The van der Waals surface area contributed by atoms with Crippen LogP contribution in [0.4, 0.5) is 0 Å². The van der Waals surface area contributed by atoms with Gasteiger partial charge in [-0.2, -0.15) is 0 Å². The van der Waals surface area contributed by atoms with Crippen molar-refractivity contribution in [2.75, 3.05) is 7.11 Å². The average Bonchev–Trinajstić information content (AvgIpc) is 1.61. The van der Waals surface area contributed by atoms with E-state index < -0.39 is 0 Å². The zero-order valence-corrected chi connectivity index (χ0v) is 3.99. The summed E-state index contributed by atoms with van der Waals surface area (Å²) in [6.07, 6.45) is 0. The van der Waals surface area contributed by atoms with Crippen LogP contribution in [-0.4, -0.2) is 7.11 Å². The summed E-state index contributed by atoms with van der Waals surface area (Å²) in [4.78, 5) is 0. The first-order chi connectivity index (χ1) is 2.91. The molecular formula is C5H7O. The second kappa shape index (κ2) is 4.52. The highest BCUT2D eigenvalue weighted by Gasteiger charge is 1.62. The Morgan fingerprint density at radius 1 is 1.67 bits per heavy atom. The molecule has 1 nitrogen and oxygen atoms in total. The van der Waals surface area contributed by atoms with Gasteiger partial charge in [0.05, 0.1) is 0 Å². The van der Waals surface area contributed by atoms with Crippen LogP contribution >= 0.6 is 0 Å². The van der Waals surface area contributed by atoms with Crippen LogP contribution in [0.3, 0.4) is 0 Å². The van der Waals surface area contributed by atoms with Gasteiger partial charge in [0, 0.05) is 7.11 Å². The average molecular weight is 83.1 g/mol. The number of hydrogen-bond acceptors (Lipinski definition) is 1. The summed E-state index contributed by atoms with van der Waals surface area (Å²) < 4.78 is 4.48. The van der Waals surface area contributed by atoms with Crippen LogP contribution in [0, 0.1) is 18.4 Å². The van der Waals surface area contributed by atoms with Crippen molar-refractivity contribution in [2.24, 2.45) is 0 Å². The third kappa shape index (κ3) is 3.52. The molecular weight excluding hydrogens is 76.1 g/mol. The summed E-state index contributed by atoms with van der Waals surface area (Å²) in [7, 11) is 1.57. The Bertz CT molecular complexity index is 65.7. The van der Waals surface area contributed by atoms with E-state index in [4.69, 9.17) is 0 Å². The highest BCUT2D eigenvalue weighted by Crippen LogP contribution is 1.67. The lowest BCUT2D eigenvalue weighted by atomic mass is 10.6. The normalized spacial score (nSPS) is 6.33. The van der Waals surface area contributed by atoms with Crippen molar-refractivity contribution < 1.29 is 4.74 Å². The molecule has 0 aliphatic heterocycles. The molecule has 0 N–H and O–H groups in total. The second-order valence-electron chi connectivity index (χ2n) is 0.748. The van der Waals surface area contributed by atoms with Gasteiger partial charge >= 0.3 is 0 Å². The lowest BCUT2D eigenvalue weighted by Crippen LogP contribution is -1.69. The Morgan fingerprint density at radius 2 is 2.33 bits per heavy atom. The third-order valence-corrected chi connectivity index (χ3v) is 0.321. The predicted octanol–water partition coefficient (Wildman–Crippen LogP) is 0.818. The Morgan fingerprint density at radius 3 is 2.50 bits per heavy atom. The first-order valence-electron chi connectivity index (χ1n) is 1.68. The van der Waals surface area contributed by atoms with Crippen LogP contribution in [0.25, 0.3) is 0 Å². The van der Waals surface area contributed by atoms with Crippen molar-refractivity contribution in [3.63, 3.8) is 0 Å². The lowest BCUT2D eigenvalue weighted by Gasteiger charge is -1.76. The van der Waals surface area contributed by atoms with Crippen molar-refractivity contribution in [3.8, 4) is 11.8 Å². The molecule has 0 saturated carbocycles. The molecule has 0 amide bonds. The van der Waals surface area contributed by atoms with Crippen molar-refractivity contribution in [1.29, 1.82) is 0 Å². The highest BCUT2D eigenvalue weighted by atomic mass is 16.5. The quantitative estimate of drug-likeness (QED) is 0.426. The highest BCUT2D eigenvalue weighted by molar-refractivity contribution is 5.02. The summed E-state index contributed by atoms with van der Waals surface area (Å²) in [6, 6.07) is 0. The van der Waals surface area contributed by atoms with Crippen LogP contribution in [0.2, 0.25) is 0 Å². The van der Waals surface area contributed by atoms with E-state index in [2.05, 4.69) is 16.6 Å². The molecule has 1 heteroatoms. The Kier molecular flexibility index (Phi) is 4.16. The number of rotatable bonds is 1. The Balaban J connectivity index is 2.79. The van der Waals surface area contributed by atoms with Crippen LogP contribution in [0.5, 0.6) is 0 Å². The molecule has 33 valence electrons. The number of methoxy groups -OCH3 is 1. The van der Waals surface area contributed by atoms with Crippen LogP contribution in [0.1, 0.15) is 6.92 Å². The second-order valence-corrected chi connectivity index (χ2v) is 0.748. The Labute approximate surface area is 38.3 Å². The van der Waals surface area contributed by atoms with Gasteiger partial charge in [-0.05, 0) is 6.92 Å². The molecule has 0 fully saturated rings. The van der Waals surface area contributed by atoms with E-state index in [0.717, 1.165) is 0 Å². The zero-order valence-electron chi connectivity index (χ0n) is 3.99. The largest absolute Gasteiger partial charge is 0.365 e. The van der Waals surface area contributed by atoms with Crippen molar-refractivity contribution >= 4 is 0 Å². The smallest absolute Gasteiger partial charge is 0.155 e. The van der Waals surface area contributed by atoms with Crippen LogP contribution in [0.15, 0.2) is 0 Å². The van der Waals surface area contributed by atoms with Gasteiger partial charge < -0.3 is 4.74 Å². The first-order valence-corrected chi connectivity index (χ1v) is 1.68. The summed E-state index contributed by atoms with van der Waals surface area (Å²) in [5.74, 6) is 5.24. The minimum absolute atomic E-state index is 1.44. The minimum Gasteiger partial charge on any atom is -0.365 e.